The van der Waals surface area contributed by atoms with Crippen molar-refractivity contribution in [2.45, 2.75) is 5.33 Å². The van der Waals surface area contributed by atoms with E-state index in [0.29, 0.717) is 20.5 Å². The minimum Gasteiger partial charge on any atom is -0.297 e. The minimum absolute atomic E-state index is 0.225. The predicted octanol–water partition coefficient (Wildman–Crippen LogP) is 3.75. The summed E-state index contributed by atoms with van der Waals surface area (Å²) in [5.41, 5.74) is 0.622. The molecule has 0 unspecified atom stereocenters. The van der Waals surface area contributed by atoms with Crippen LogP contribution in [-0.4, -0.2) is 6.29 Å². The Balaban J connectivity index is 2.74. The highest BCUT2D eigenvalue weighted by atomic mass is 79.9. The van der Waals surface area contributed by atoms with Crippen molar-refractivity contribution in [2.75, 3.05) is 0 Å². The van der Waals surface area contributed by atoms with Gasteiger partial charge < -0.3 is 0 Å². The third kappa shape index (κ3) is 1.48. The molecule has 0 N–H and O–H groups in total. The standard InChI is InChI=1S/C10H6BrFOS/c11-4-7-2-1-6-3-8(5-13)14-10(6)9(7)12/h1-3,5H,4H2. The van der Waals surface area contributed by atoms with E-state index in [9.17, 15) is 9.18 Å². The summed E-state index contributed by atoms with van der Waals surface area (Å²) in [5.74, 6) is -0.225. The van der Waals surface area contributed by atoms with E-state index in [4.69, 9.17) is 0 Å². The van der Waals surface area contributed by atoms with Gasteiger partial charge in [0, 0.05) is 5.33 Å². The van der Waals surface area contributed by atoms with E-state index in [-0.39, 0.29) is 5.82 Å². The Kier molecular flexibility index (Phi) is 2.65. The van der Waals surface area contributed by atoms with Gasteiger partial charge in [-0.2, -0.15) is 0 Å². The molecule has 0 atom stereocenters. The zero-order valence-corrected chi connectivity index (χ0v) is 9.49. The summed E-state index contributed by atoms with van der Waals surface area (Å²) in [6, 6.07) is 5.26. The molecule has 0 saturated carbocycles. The molecule has 1 aromatic carbocycles. The number of carbonyl (C=O) groups excluding carboxylic acids is 1. The Morgan fingerprint density at radius 3 is 2.93 bits per heavy atom. The van der Waals surface area contributed by atoms with E-state index in [1.54, 1.807) is 12.1 Å². The van der Waals surface area contributed by atoms with E-state index < -0.39 is 0 Å². The smallest absolute Gasteiger partial charge is 0.160 e. The second-order valence-corrected chi connectivity index (χ2v) is 4.50. The topological polar surface area (TPSA) is 17.1 Å². The van der Waals surface area contributed by atoms with Gasteiger partial charge in [0.05, 0.1) is 9.58 Å². The molecular weight excluding hydrogens is 267 g/mol. The summed E-state index contributed by atoms with van der Waals surface area (Å²) >= 11 is 4.40. The van der Waals surface area contributed by atoms with Gasteiger partial charge in [0.2, 0.25) is 0 Å². The van der Waals surface area contributed by atoms with Crippen LogP contribution in [0.4, 0.5) is 4.39 Å². The molecule has 14 heavy (non-hydrogen) atoms. The van der Waals surface area contributed by atoms with E-state index in [1.165, 1.54) is 11.3 Å². The molecule has 0 fully saturated rings. The molecule has 0 aliphatic rings. The highest BCUT2D eigenvalue weighted by Gasteiger charge is 2.09. The summed E-state index contributed by atoms with van der Waals surface area (Å²) in [6.07, 6.45) is 0.748. The van der Waals surface area contributed by atoms with Gasteiger partial charge in [-0.3, -0.25) is 4.79 Å². The molecule has 0 radical (unpaired) electrons. The molecule has 1 heterocycles. The van der Waals surface area contributed by atoms with Gasteiger partial charge in [-0.15, -0.1) is 11.3 Å². The molecule has 1 nitrogen and oxygen atoms in total. The quantitative estimate of drug-likeness (QED) is 0.601. The van der Waals surface area contributed by atoms with Crippen molar-refractivity contribution in [3.63, 3.8) is 0 Å². The maximum atomic E-state index is 13.7. The number of thiophene rings is 1. The van der Waals surface area contributed by atoms with E-state index in [2.05, 4.69) is 15.9 Å². The average Bonchev–Trinajstić information content (AvgIpc) is 2.62. The molecule has 0 spiro atoms. The third-order valence-corrected chi connectivity index (χ3v) is 3.66. The van der Waals surface area contributed by atoms with Gasteiger partial charge in [-0.25, -0.2) is 4.39 Å². The lowest BCUT2D eigenvalue weighted by Crippen LogP contribution is -1.84. The third-order valence-electron chi connectivity index (χ3n) is 1.99. The van der Waals surface area contributed by atoms with Crippen molar-refractivity contribution >= 4 is 43.6 Å². The minimum atomic E-state index is -0.225. The summed E-state index contributed by atoms with van der Waals surface area (Å²) in [4.78, 5) is 11.1. The largest absolute Gasteiger partial charge is 0.297 e. The van der Waals surface area contributed by atoms with Gasteiger partial charge in [-0.1, -0.05) is 28.1 Å². The summed E-state index contributed by atoms with van der Waals surface area (Å²) < 4.78 is 14.2. The van der Waals surface area contributed by atoms with Gasteiger partial charge in [-0.05, 0) is 17.0 Å². The number of hydrogen-bond donors (Lipinski definition) is 0. The molecule has 0 bridgehead atoms. The van der Waals surface area contributed by atoms with Crippen LogP contribution in [0.25, 0.3) is 10.1 Å². The molecule has 2 rings (SSSR count). The Hall–Kier alpha value is -0.740. The van der Waals surface area contributed by atoms with Crippen molar-refractivity contribution in [1.82, 2.24) is 0 Å². The predicted molar refractivity (Wildman–Crippen MR) is 59.8 cm³/mol. The lowest BCUT2D eigenvalue weighted by molar-refractivity contribution is 0.112. The normalized spacial score (nSPS) is 10.7. The van der Waals surface area contributed by atoms with Crippen molar-refractivity contribution < 1.29 is 9.18 Å². The first-order chi connectivity index (χ1) is 6.76. The second kappa shape index (κ2) is 3.79. The van der Waals surface area contributed by atoms with Crippen LogP contribution in [-0.2, 0) is 5.33 Å². The number of carbonyl (C=O) groups is 1. The Morgan fingerprint density at radius 2 is 2.29 bits per heavy atom. The lowest BCUT2D eigenvalue weighted by atomic mass is 10.2. The van der Waals surface area contributed by atoms with Crippen LogP contribution >= 0.6 is 27.3 Å². The fraction of sp³-hybridized carbons (Fsp3) is 0.100. The van der Waals surface area contributed by atoms with Crippen LogP contribution in [0.3, 0.4) is 0 Å². The lowest BCUT2D eigenvalue weighted by Gasteiger charge is -1.98. The van der Waals surface area contributed by atoms with Crippen LogP contribution < -0.4 is 0 Å². The van der Waals surface area contributed by atoms with Crippen molar-refractivity contribution in [1.29, 1.82) is 0 Å². The molecule has 0 aliphatic heterocycles. The van der Waals surface area contributed by atoms with Crippen LogP contribution in [0.1, 0.15) is 15.2 Å². The van der Waals surface area contributed by atoms with Gasteiger partial charge >= 0.3 is 0 Å². The first-order valence-corrected chi connectivity index (χ1v) is 5.92. The summed E-state index contributed by atoms with van der Waals surface area (Å²) in [6.45, 7) is 0. The Morgan fingerprint density at radius 1 is 1.50 bits per heavy atom. The highest BCUT2D eigenvalue weighted by molar-refractivity contribution is 9.08. The summed E-state index contributed by atoms with van der Waals surface area (Å²) in [7, 11) is 0. The molecule has 0 saturated heterocycles. The number of halogens is 2. The van der Waals surface area contributed by atoms with Gasteiger partial charge in [0.1, 0.15) is 5.82 Å². The molecule has 0 amide bonds. The molecule has 2 aromatic rings. The van der Waals surface area contributed by atoms with Crippen LogP contribution in [0.15, 0.2) is 18.2 Å². The molecule has 0 aliphatic carbocycles. The second-order valence-electron chi connectivity index (χ2n) is 2.86. The van der Waals surface area contributed by atoms with E-state index in [0.717, 1.165) is 11.7 Å². The zero-order chi connectivity index (χ0) is 10.1. The number of benzene rings is 1. The number of fused-ring (bicyclic) bond motifs is 1. The highest BCUT2D eigenvalue weighted by Crippen LogP contribution is 2.29. The maximum absolute atomic E-state index is 13.7. The fourth-order valence-electron chi connectivity index (χ4n) is 1.29. The Labute approximate surface area is 92.7 Å². The summed E-state index contributed by atoms with van der Waals surface area (Å²) in [5, 5.41) is 1.28. The number of aldehydes is 1. The number of rotatable bonds is 2. The first kappa shape index (κ1) is 9.80. The SMILES string of the molecule is O=Cc1cc2ccc(CBr)c(F)c2s1. The van der Waals surface area contributed by atoms with Gasteiger partial charge in [0.15, 0.2) is 6.29 Å². The number of alkyl halides is 1. The fourth-order valence-corrected chi connectivity index (χ4v) is 2.66. The van der Waals surface area contributed by atoms with Crippen LogP contribution in [0.2, 0.25) is 0 Å². The number of hydrogen-bond acceptors (Lipinski definition) is 2. The van der Waals surface area contributed by atoms with E-state index in [1.807, 2.05) is 6.07 Å². The van der Waals surface area contributed by atoms with Crippen LogP contribution in [0, 0.1) is 5.82 Å². The monoisotopic (exact) mass is 272 g/mol. The van der Waals surface area contributed by atoms with Crippen molar-refractivity contribution in [3.8, 4) is 0 Å². The molecule has 72 valence electrons. The van der Waals surface area contributed by atoms with E-state index >= 15 is 0 Å². The van der Waals surface area contributed by atoms with Crippen LogP contribution in [0.5, 0.6) is 0 Å². The van der Waals surface area contributed by atoms with Crippen molar-refractivity contribution in [3.05, 3.63) is 34.5 Å². The molecule has 1 aromatic heterocycles. The zero-order valence-electron chi connectivity index (χ0n) is 7.09. The molecule has 4 heteroatoms. The molecular formula is C10H6BrFOS. The van der Waals surface area contributed by atoms with Gasteiger partial charge in [0.25, 0.3) is 0 Å². The van der Waals surface area contributed by atoms with Crippen molar-refractivity contribution in [2.24, 2.45) is 0 Å². The average molecular weight is 273 g/mol. The maximum Gasteiger partial charge on any atom is 0.160 e. The Bertz CT molecular complexity index is 492. The first-order valence-electron chi connectivity index (χ1n) is 3.98.